The Bertz CT molecular complexity index is 933. The molecule has 0 radical (unpaired) electrons. The molecule has 5 heteroatoms. The van der Waals surface area contributed by atoms with Crippen molar-refractivity contribution in [3.63, 3.8) is 0 Å². The number of carbonyl (C=O) groups excluding carboxylic acids is 2. The highest BCUT2D eigenvalue weighted by Gasteiger charge is 2.38. The number of aryl methyl sites for hydroxylation is 3. The van der Waals surface area contributed by atoms with E-state index < -0.39 is 5.92 Å². The molecule has 0 atom stereocenters. The highest BCUT2D eigenvalue weighted by molar-refractivity contribution is 7.99. The summed E-state index contributed by atoms with van der Waals surface area (Å²) in [6.45, 7) is 6.25. The molecule has 1 aliphatic carbocycles. The molecule has 1 saturated carbocycles. The van der Waals surface area contributed by atoms with Crippen LogP contribution in [0, 0.1) is 24.2 Å². The largest absolute Gasteiger partial charge is 0.299 e. The summed E-state index contributed by atoms with van der Waals surface area (Å²) in [5.74, 6) is 0.476. The first kappa shape index (κ1) is 22.2. The normalized spacial score (nSPS) is 19.0. The molecule has 0 spiro atoms. The number of aromatic nitrogens is 1. The molecule has 4 nitrogen and oxygen atoms in total. The topological polar surface area (TPSA) is 70.8 Å². The average molecular weight is 421 g/mol. The van der Waals surface area contributed by atoms with E-state index in [1.165, 1.54) is 5.56 Å². The van der Waals surface area contributed by atoms with Crippen molar-refractivity contribution in [2.24, 2.45) is 5.92 Å². The van der Waals surface area contributed by atoms with Gasteiger partial charge in [0.2, 0.25) is 0 Å². The summed E-state index contributed by atoms with van der Waals surface area (Å²) in [7, 11) is 0. The number of rotatable bonds is 7. The van der Waals surface area contributed by atoms with E-state index in [1.807, 2.05) is 6.07 Å². The summed E-state index contributed by atoms with van der Waals surface area (Å²) in [6.07, 6.45) is 4.98. The predicted molar refractivity (Wildman–Crippen MR) is 120 cm³/mol. The van der Waals surface area contributed by atoms with Crippen LogP contribution in [0.5, 0.6) is 0 Å². The lowest BCUT2D eigenvalue weighted by molar-refractivity contribution is -0.133. The van der Waals surface area contributed by atoms with Gasteiger partial charge in [0.15, 0.2) is 0 Å². The Morgan fingerprint density at radius 3 is 2.23 bits per heavy atom. The number of thioether (sulfide) groups is 1. The number of ketones is 2. The molecule has 0 unspecified atom stereocenters. The number of hydrogen-bond donors (Lipinski definition) is 0. The van der Waals surface area contributed by atoms with Gasteiger partial charge in [-0.25, -0.2) is 4.98 Å². The van der Waals surface area contributed by atoms with Crippen LogP contribution in [0.4, 0.5) is 0 Å². The van der Waals surface area contributed by atoms with Crippen molar-refractivity contribution in [2.45, 2.75) is 63.8 Å². The molecular weight excluding hydrogens is 392 g/mol. The summed E-state index contributed by atoms with van der Waals surface area (Å²) < 4.78 is 0. The lowest BCUT2D eigenvalue weighted by Gasteiger charge is -2.29. The average Bonchev–Trinajstić information content (AvgIpc) is 2.74. The lowest BCUT2D eigenvalue weighted by Crippen LogP contribution is -2.33. The maximum Gasteiger partial charge on any atom is 0.148 e. The molecule has 0 aliphatic heterocycles. The van der Waals surface area contributed by atoms with E-state index in [2.05, 4.69) is 44.0 Å². The van der Waals surface area contributed by atoms with Crippen LogP contribution < -0.4 is 0 Å². The Balaban J connectivity index is 1.67. The standard InChI is InChI=1S/C25H28N2O2S/c1-4-19-10-16(3)11-20(5-2)24(19)25-21(28)12-17(13-22(25)29)8-9-30-23-7-6-18(14-26)15-27-23/h6-7,10-11,15,17,25H,4-5,8-9,12-13H2,1-3H3. The second kappa shape index (κ2) is 10.0. The van der Waals surface area contributed by atoms with E-state index >= 15 is 0 Å². The Morgan fingerprint density at radius 1 is 1.10 bits per heavy atom. The maximum absolute atomic E-state index is 13.1. The van der Waals surface area contributed by atoms with Gasteiger partial charge in [0.1, 0.15) is 23.6 Å². The Labute approximate surface area is 183 Å². The van der Waals surface area contributed by atoms with E-state index in [0.29, 0.717) is 18.4 Å². The molecule has 1 aromatic carbocycles. The number of hydrogen-bond acceptors (Lipinski definition) is 5. The summed E-state index contributed by atoms with van der Waals surface area (Å²) in [5, 5.41) is 9.71. The Morgan fingerprint density at radius 2 is 1.73 bits per heavy atom. The van der Waals surface area contributed by atoms with Crippen molar-refractivity contribution in [1.82, 2.24) is 4.98 Å². The lowest BCUT2D eigenvalue weighted by atomic mass is 9.73. The summed E-state index contributed by atoms with van der Waals surface area (Å²) in [4.78, 5) is 30.4. The Hall–Kier alpha value is -2.45. The molecular formula is C25H28N2O2S. The molecule has 1 aromatic heterocycles. The van der Waals surface area contributed by atoms with Crippen LogP contribution in [-0.4, -0.2) is 22.3 Å². The molecule has 2 aromatic rings. The van der Waals surface area contributed by atoms with Crippen molar-refractivity contribution in [3.05, 3.63) is 58.3 Å². The third-order valence-corrected chi connectivity index (χ3v) is 6.79. The molecule has 1 aliphatic rings. The number of benzene rings is 1. The Kier molecular flexibility index (Phi) is 7.44. The van der Waals surface area contributed by atoms with Gasteiger partial charge >= 0.3 is 0 Å². The molecule has 1 heterocycles. The van der Waals surface area contributed by atoms with Crippen molar-refractivity contribution in [3.8, 4) is 6.07 Å². The van der Waals surface area contributed by atoms with Crippen LogP contribution in [0.1, 0.15) is 66.8 Å². The highest BCUT2D eigenvalue weighted by Crippen LogP contribution is 2.37. The fourth-order valence-electron chi connectivity index (χ4n) is 4.35. The second-order valence-electron chi connectivity index (χ2n) is 7.98. The number of carbonyl (C=O) groups is 2. The van der Waals surface area contributed by atoms with Gasteiger partial charge in [-0.3, -0.25) is 9.59 Å². The van der Waals surface area contributed by atoms with Gasteiger partial charge in [0.25, 0.3) is 0 Å². The van der Waals surface area contributed by atoms with Crippen LogP contribution in [-0.2, 0) is 22.4 Å². The van der Waals surface area contributed by atoms with Crippen molar-refractivity contribution >= 4 is 23.3 Å². The van der Waals surface area contributed by atoms with Gasteiger partial charge in [-0.15, -0.1) is 11.8 Å². The van der Waals surface area contributed by atoms with Gasteiger partial charge in [-0.1, -0.05) is 31.5 Å². The minimum absolute atomic E-state index is 0.0750. The summed E-state index contributed by atoms with van der Waals surface area (Å²) in [5.41, 5.74) is 4.99. The first-order valence-electron chi connectivity index (χ1n) is 10.6. The molecule has 0 bridgehead atoms. The SMILES string of the molecule is CCc1cc(C)cc(CC)c1C1C(=O)CC(CCSc2ccc(C#N)cn2)CC1=O. The fourth-order valence-corrected chi connectivity index (χ4v) is 5.31. The number of Topliss-reactive ketones (excluding diaryl/α,β-unsaturated/α-hetero) is 2. The molecule has 0 N–H and O–H groups in total. The zero-order valence-corrected chi connectivity index (χ0v) is 18.7. The molecule has 3 rings (SSSR count). The van der Waals surface area contributed by atoms with Crippen molar-refractivity contribution in [1.29, 1.82) is 5.26 Å². The molecule has 30 heavy (non-hydrogen) atoms. The quantitative estimate of drug-likeness (QED) is 0.455. The van der Waals surface area contributed by atoms with Gasteiger partial charge in [0, 0.05) is 19.0 Å². The molecule has 0 amide bonds. The van der Waals surface area contributed by atoms with Gasteiger partial charge in [0.05, 0.1) is 10.6 Å². The number of nitrogens with zero attached hydrogens (tertiary/aromatic N) is 2. The highest BCUT2D eigenvalue weighted by atomic mass is 32.2. The fraction of sp³-hybridized carbons (Fsp3) is 0.440. The van der Waals surface area contributed by atoms with Crippen LogP contribution in [0.2, 0.25) is 0 Å². The summed E-state index contributed by atoms with van der Waals surface area (Å²) >= 11 is 1.60. The van der Waals surface area contributed by atoms with Crippen LogP contribution in [0.15, 0.2) is 35.5 Å². The number of pyridine rings is 1. The third-order valence-electron chi connectivity index (χ3n) is 5.81. The molecule has 156 valence electrons. The van der Waals surface area contributed by atoms with E-state index in [4.69, 9.17) is 5.26 Å². The third kappa shape index (κ3) is 4.99. The first-order chi connectivity index (χ1) is 14.5. The van der Waals surface area contributed by atoms with Gasteiger partial charge in [-0.2, -0.15) is 5.26 Å². The first-order valence-corrected chi connectivity index (χ1v) is 11.6. The smallest absolute Gasteiger partial charge is 0.148 e. The summed E-state index contributed by atoms with van der Waals surface area (Å²) in [6, 6.07) is 9.91. The zero-order valence-electron chi connectivity index (χ0n) is 17.9. The monoisotopic (exact) mass is 420 g/mol. The van der Waals surface area contributed by atoms with E-state index in [0.717, 1.165) is 46.7 Å². The second-order valence-corrected chi connectivity index (χ2v) is 9.09. The van der Waals surface area contributed by atoms with Crippen LogP contribution in [0.25, 0.3) is 0 Å². The minimum atomic E-state index is -0.584. The van der Waals surface area contributed by atoms with Crippen LogP contribution in [0.3, 0.4) is 0 Å². The van der Waals surface area contributed by atoms with Crippen LogP contribution >= 0.6 is 11.8 Å². The van der Waals surface area contributed by atoms with Crippen molar-refractivity contribution in [2.75, 3.05) is 5.75 Å². The molecule has 0 saturated heterocycles. The van der Waals surface area contributed by atoms with E-state index in [9.17, 15) is 9.59 Å². The molecule has 1 fully saturated rings. The van der Waals surface area contributed by atoms with Gasteiger partial charge in [-0.05, 0) is 66.7 Å². The predicted octanol–water partition coefficient (Wildman–Crippen LogP) is 5.20. The van der Waals surface area contributed by atoms with E-state index in [-0.39, 0.29) is 17.5 Å². The number of nitriles is 1. The minimum Gasteiger partial charge on any atom is -0.299 e. The van der Waals surface area contributed by atoms with Crippen molar-refractivity contribution < 1.29 is 9.59 Å². The maximum atomic E-state index is 13.1. The zero-order chi connectivity index (χ0) is 21.7. The van der Waals surface area contributed by atoms with E-state index in [1.54, 1.807) is 24.0 Å². The van der Waals surface area contributed by atoms with Gasteiger partial charge < -0.3 is 0 Å².